The number of esters is 1. The van der Waals surface area contributed by atoms with E-state index in [4.69, 9.17) is 4.74 Å². The third-order valence-electron chi connectivity index (χ3n) is 4.48. The van der Waals surface area contributed by atoms with E-state index in [1.165, 1.54) is 16.8 Å². The molecule has 33 heavy (non-hydrogen) atoms. The van der Waals surface area contributed by atoms with Crippen molar-refractivity contribution in [2.24, 2.45) is 0 Å². The third-order valence-corrected chi connectivity index (χ3v) is 4.48. The number of nitrogens with one attached hydrogen (secondary N) is 2. The highest BCUT2D eigenvalue weighted by atomic mass is 19.4. The van der Waals surface area contributed by atoms with E-state index in [9.17, 15) is 27.9 Å². The number of halogens is 3. The Balaban J connectivity index is 1.80. The lowest BCUT2D eigenvalue weighted by molar-refractivity contribution is -0.137. The number of nitrogens with zero attached hydrogens (tertiary/aromatic N) is 2. The number of hydrogen-bond donors (Lipinski definition) is 3. The Bertz CT molecular complexity index is 1120. The first-order valence-corrected chi connectivity index (χ1v) is 9.90. The minimum atomic E-state index is -4.56. The zero-order valence-corrected chi connectivity index (χ0v) is 17.5. The van der Waals surface area contributed by atoms with Gasteiger partial charge < -0.3 is 15.2 Å². The molecule has 0 saturated heterocycles. The van der Waals surface area contributed by atoms with E-state index in [1.54, 1.807) is 37.3 Å². The molecule has 2 amide bonds. The van der Waals surface area contributed by atoms with Crippen LogP contribution < -0.4 is 10.6 Å². The highest BCUT2D eigenvalue weighted by Crippen LogP contribution is 2.30. The lowest BCUT2D eigenvalue weighted by atomic mass is 10.1. The van der Waals surface area contributed by atoms with Gasteiger partial charge in [-0.1, -0.05) is 36.4 Å². The number of aromatic nitrogens is 2. The van der Waals surface area contributed by atoms with Crippen molar-refractivity contribution in [3.63, 3.8) is 0 Å². The summed E-state index contributed by atoms with van der Waals surface area (Å²) in [6, 6.07) is 13.2. The van der Waals surface area contributed by atoms with Crippen LogP contribution in [0.5, 0.6) is 0 Å². The first-order valence-electron chi connectivity index (χ1n) is 9.90. The van der Waals surface area contributed by atoms with Gasteiger partial charge in [0, 0.05) is 11.8 Å². The number of amides is 2. The molecule has 0 fully saturated rings. The van der Waals surface area contributed by atoms with Gasteiger partial charge in [-0.05, 0) is 30.7 Å². The zero-order chi connectivity index (χ0) is 24.0. The number of aliphatic hydroxyl groups is 1. The van der Waals surface area contributed by atoms with Crippen LogP contribution in [0.15, 0.2) is 60.7 Å². The van der Waals surface area contributed by atoms with Crippen LogP contribution in [-0.4, -0.2) is 33.5 Å². The summed E-state index contributed by atoms with van der Waals surface area (Å²) in [5.41, 5.74) is -0.513. The van der Waals surface area contributed by atoms with E-state index < -0.39 is 29.8 Å². The zero-order valence-electron chi connectivity index (χ0n) is 17.5. The van der Waals surface area contributed by atoms with E-state index in [2.05, 4.69) is 15.7 Å². The van der Waals surface area contributed by atoms with Crippen LogP contribution >= 0.6 is 0 Å². The molecule has 0 aliphatic heterocycles. The SMILES string of the molecule is CCOC(=O)c1cc(NC(=O)Nc2cccc(C(F)(F)F)c2)n(CC(O)c2ccccc2)n1. The molecule has 0 aliphatic carbocycles. The molecule has 8 nitrogen and oxygen atoms in total. The van der Waals surface area contributed by atoms with Gasteiger partial charge >= 0.3 is 18.2 Å². The summed E-state index contributed by atoms with van der Waals surface area (Å²) in [7, 11) is 0. The van der Waals surface area contributed by atoms with E-state index in [0.29, 0.717) is 5.56 Å². The lowest BCUT2D eigenvalue weighted by Crippen LogP contribution is -2.23. The van der Waals surface area contributed by atoms with Gasteiger partial charge in [-0.25, -0.2) is 14.3 Å². The molecule has 3 rings (SSSR count). The van der Waals surface area contributed by atoms with Gasteiger partial charge in [0.15, 0.2) is 5.69 Å². The molecule has 3 N–H and O–H groups in total. The Morgan fingerprint density at radius 1 is 1.09 bits per heavy atom. The van der Waals surface area contributed by atoms with E-state index in [-0.39, 0.29) is 30.4 Å². The predicted molar refractivity (Wildman–Crippen MR) is 114 cm³/mol. The summed E-state index contributed by atoms with van der Waals surface area (Å²) >= 11 is 0. The van der Waals surface area contributed by atoms with Crippen molar-refractivity contribution < 1.29 is 32.6 Å². The van der Waals surface area contributed by atoms with Crippen molar-refractivity contribution in [2.75, 3.05) is 17.2 Å². The number of rotatable bonds is 7. The number of hydrogen-bond acceptors (Lipinski definition) is 5. The van der Waals surface area contributed by atoms with Gasteiger partial charge in [-0.15, -0.1) is 0 Å². The highest BCUT2D eigenvalue weighted by molar-refractivity contribution is 6.00. The molecule has 1 atom stereocenters. The Morgan fingerprint density at radius 3 is 2.48 bits per heavy atom. The topological polar surface area (TPSA) is 105 Å². The van der Waals surface area contributed by atoms with Crippen LogP contribution in [0.1, 0.15) is 34.6 Å². The van der Waals surface area contributed by atoms with Gasteiger partial charge in [-0.2, -0.15) is 18.3 Å². The van der Waals surface area contributed by atoms with E-state index in [1.807, 2.05) is 0 Å². The maximum atomic E-state index is 12.9. The van der Waals surface area contributed by atoms with Crippen LogP contribution in [0.25, 0.3) is 0 Å². The van der Waals surface area contributed by atoms with Crippen LogP contribution in [0.2, 0.25) is 0 Å². The molecule has 0 aliphatic rings. The second kappa shape index (κ2) is 10.2. The van der Waals surface area contributed by atoms with Crippen molar-refractivity contribution in [1.82, 2.24) is 9.78 Å². The number of urea groups is 1. The van der Waals surface area contributed by atoms with Crippen molar-refractivity contribution >= 4 is 23.5 Å². The summed E-state index contributed by atoms with van der Waals surface area (Å²) in [6.07, 6.45) is -5.57. The fourth-order valence-electron chi connectivity index (χ4n) is 2.96. The molecule has 0 saturated carbocycles. The molecule has 11 heteroatoms. The standard InChI is InChI=1S/C22H21F3N4O4/c1-2-33-20(31)17-12-19(29(28-17)13-18(30)14-7-4-3-5-8-14)27-21(32)26-16-10-6-9-15(11-16)22(23,24)25/h3-12,18,30H,2,13H2,1H3,(H2,26,27,32). The normalized spacial score (nSPS) is 12.2. The molecule has 3 aromatic rings. The molecule has 0 radical (unpaired) electrons. The van der Waals surface area contributed by atoms with Gasteiger partial charge in [0.2, 0.25) is 0 Å². The Morgan fingerprint density at radius 2 is 1.82 bits per heavy atom. The second-order valence-electron chi connectivity index (χ2n) is 6.90. The Labute approximate surface area is 187 Å². The number of ether oxygens (including phenoxy) is 1. The third kappa shape index (κ3) is 6.32. The maximum Gasteiger partial charge on any atom is 0.416 e. The lowest BCUT2D eigenvalue weighted by Gasteiger charge is -2.14. The fourth-order valence-corrected chi connectivity index (χ4v) is 2.96. The van der Waals surface area contributed by atoms with Gasteiger partial charge in [0.1, 0.15) is 5.82 Å². The summed E-state index contributed by atoms with van der Waals surface area (Å²) in [6.45, 7) is 1.62. The maximum absolute atomic E-state index is 12.9. The number of aliphatic hydroxyl groups excluding tert-OH is 1. The molecule has 0 spiro atoms. The van der Waals surface area contributed by atoms with E-state index >= 15 is 0 Å². The van der Waals surface area contributed by atoms with Gasteiger partial charge in [0.05, 0.1) is 24.8 Å². The first-order chi connectivity index (χ1) is 15.7. The van der Waals surface area contributed by atoms with Crippen molar-refractivity contribution in [3.8, 4) is 0 Å². The predicted octanol–water partition coefficient (Wildman–Crippen LogP) is 4.46. The molecular formula is C22H21F3N4O4. The largest absolute Gasteiger partial charge is 0.461 e. The minimum Gasteiger partial charge on any atom is -0.461 e. The van der Waals surface area contributed by atoms with Crippen LogP contribution in [-0.2, 0) is 17.5 Å². The summed E-state index contributed by atoms with van der Waals surface area (Å²) in [4.78, 5) is 24.5. The number of anilines is 2. The van der Waals surface area contributed by atoms with Crippen LogP contribution in [0, 0.1) is 0 Å². The minimum absolute atomic E-state index is 0.0394. The summed E-state index contributed by atoms with van der Waals surface area (Å²) in [5.74, 6) is -0.690. The quantitative estimate of drug-likeness (QED) is 0.450. The number of alkyl halides is 3. The average molecular weight is 462 g/mol. The molecule has 1 heterocycles. The van der Waals surface area contributed by atoms with Crippen molar-refractivity contribution in [3.05, 3.63) is 77.5 Å². The monoisotopic (exact) mass is 462 g/mol. The Hall–Kier alpha value is -3.86. The molecule has 1 aromatic heterocycles. The first kappa shape index (κ1) is 23.8. The second-order valence-corrected chi connectivity index (χ2v) is 6.90. The smallest absolute Gasteiger partial charge is 0.416 e. The van der Waals surface area contributed by atoms with Gasteiger partial charge in [0.25, 0.3) is 0 Å². The number of benzene rings is 2. The average Bonchev–Trinajstić information content (AvgIpc) is 3.16. The van der Waals surface area contributed by atoms with E-state index in [0.717, 1.165) is 18.2 Å². The molecule has 0 bridgehead atoms. The van der Waals surface area contributed by atoms with Crippen molar-refractivity contribution in [2.45, 2.75) is 25.7 Å². The molecule has 2 aromatic carbocycles. The fraction of sp³-hybridized carbons (Fsp3) is 0.227. The molecular weight excluding hydrogens is 441 g/mol. The number of carbonyl (C=O) groups is 2. The Kier molecular flexibility index (Phi) is 7.34. The molecule has 174 valence electrons. The van der Waals surface area contributed by atoms with Crippen molar-refractivity contribution in [1.29, 1.82) is 0 Å². The summed E-state index contributed by atoms with van der Waals surface area (Å²) in [5, 5.41) is 19.4. The van der Waals surface area contributed by atoms with Crippen LogP contribution in [0.4, 0.5) is 29.5 Å². The highest BCUT2D eigenvalue weighted by Gasteiger charge is 2.30. The summed E-state index contributed by atoms with van der Waals surface area (Å²) < 4.78 is 44.8. The van der Waals surface area contributed by atoms with Gasteiger partial charge in [-0.3, -0.25) is 5.32 Å². The molecule has 1 unspecified atom stereocenters. The number of carbonyl (C=O) groups excluding carboxylic acids is 2. The van der Waals surface area contributed by atoms with Crippen LogP contribution in [0.3, 0.4) is 0 Å².